The maximum absolute atomic E-state index is 11.3. The van der Waals surface area contributed by atoms with Gasteiger partial charge in [0.2, 0.25) is 5.76 Å². The van der Waals surface area contributed by atoms with Gasteiger partial charge < -0.3 is 13.9 Å². The minimum atomic E-state index is -0.526. The monoisotopic (exact) mass is 213 g/mol. The molecular weight excluding hydrogens is 198 g/mol. The van der Waals surface area contributed by atoms with Gasteiger partial charge in [0, 0.05) is 13.0 Å². The van der Waals surface area contributed by atoms with Crippen LogP contribution in [0.5, 0.6) is 0 Å². The van der Waals surface area contributed by atoms with Crippen LogP contribution >= 0.6 is 0 Å². The second kappa shape index (κ2) is 4.93. The number of esters is 1. The van der Waals surface area contributed by atoms with Crippen molar-refractivity contribution in [2.24, 2.45) is 0 Å². The molecule has 0 amide bonds. The SMILES string of the molecule is COCc1nc(C(C)C)oc1C(=O)OC. The Hall–Kier alpha value is -1.36. The van der Waals surface area contributed by atoms with Crippen molar-refractivity contribution in [1.82, 2.24) is 4.98 Å². The minimum Gasteiger partial charge on any atom is -0.463 e. The summed E-state index contributed by atoms with van der Waals surface area (Å²) in [6.45, 7) is 4.10. The Morgan fingerprint density at radius 2 is 2.13 bits per heavy atom. The summed E-state index contributed by atoms with van der Waals surface area (Å²) in [7, 11) is 2.83. The molecule has 0 aliphatic rings. The molecule has 0 unspecified atom stereocenters. The third-order valence-corrected chi connectivity index (χ3v) is 1.86. The number of methoxy groups -OCH3 is 2. The molecule has 15 heavy (non-hydrogen) atoms. The number of hydrogen-bond acceptors (Lipinski definition) is 5. The summed E-state index contributed by atoms with van der Waals surface area (Å²) in [6, 6.07) is 0. The first-order valence-corrected chi connectivity index (χ1v) is 4.67. The standard InChI is InChI=1S/C10H15NO4/c1-6(2)9-11-7(5-13-3)8(15-9)10(12)14-4/h6H,5H2,1-4H3. The molecule has 84 valence electrons. The molecule has 0 fully saturated rings. The van der Waals surface area contributed by atoms with Crippen LogP contribution in [0.2, 0.25) is 0 Å². The molecule has 0 spiro atoms. The van der Waals surface area contributed by atoms with Crippen LogP contribution in [0, 0.1) is 0 Å². The Balaban J connectivity index is 3.05. The van der Waals surface area contributed by atoms with Gasteiger partial charge in [-0.15, -0.1) is 0 Å². The van der Waals surface area contributed by atoms with Crippen LogP contribution in [0.15, 0.2) is 4.42 Å². The third-order valence-electron chi connectivity index (χ3n) is 1.86. The molecule has 1 aromatic heterocycles. The molecule has 1 rings (SSSR count). The van der Waals surface area contributed by atoms with Crippen molar-refractivity contribution in [1.29, 1.82) is 0 Å². The molecule has 0 N–H and O–H groups in total. The van der Waals surface area contributed by atoms with Gasteiger partial charge in [0.25, 0.3) is 0 Å². The smallest absolute Gasteiger partial charge is 0.376 e. The van der Waals surface area contributed by atoms with Gasteiger partial charge in [0.15, 0.2) is 5.89 Å². The van der Waals surface area contributed by atoms with Crippen molar-refractivity contribution in [3.05, 3.63) is 17.3 Å². The van der Waals surface area contributed by atoms with Crippen LogP contribution in [0.4, 0.5) is 0 Å². The predicted molar refractivity (Wildman–Crippen MR) is 52.6 cm³/mol. The Morgan fingerprint density at radius 1 is 1.47 bits per heavy atom. The molecule has 5 heteroatoms. The molecule has 0 atom stereocenters. The first kappa shape index (κ1) is 11.7. The molecule has 1 aromatic rings. The van der Waals surface area contributed by atoms with Crippen molar-refractivity contribution in [3.8, 4) is 0 Å². The van der Waals surface area contributed by atoms with E-state index in [1.165, 1.54) is 14.2 Å². The number of hydrogen-bond donors (Lipinski definition) is 0. The molecule has 0 saturated carbocycles. The molecule has 0 aromatic carbocycles. The molecule has 1 heterocycles. The van der Waals surface area contributed by atoms with E-state index in [0.29, 0.717) is 11.6 Å². The van der Waals surface area contributed by atoms with Crippen LogP contribution in [-0.4, -0.2) is 25.2 Å². The quantitative estimate of drug-likeness (QED) is 0.713. The van der Waals surface area contributed by atoms with Gasteiger partial charge in [-0.05, 0) is 0 Å². The zero-order valence-corrected chi connectivity index (χ0v) is 9.36. The van der Waals surface area contributed by atoms with Crippen LogP contribution in [0.25, 0.3) is 0 Å². The lowest BCUT2D eigenvalue weighted by Gasteiger charge is -1.97. The maximum atomic E-state index is 11.3. The topological polar surface area (TPSA) is 61.6 Å². The highest BCUT2D eigenvalue weighted by Crippen LogP contribution is 2.19. The fourth-order valence-corrected chi connectivity index (χ4v) is 1.10. The first-order valence-electron chi connectivity index (χ1n) is 4.67. The van der Waals surface area contributed by atoms with Crippen molar-refractivity contribution in [2.45, 2.75) is 26.4 Å². The van der Waals surface area contributed by atoms with Crippen molar-refractivity contribution in [3.63, 3.8) is 0 Å². The summed E-state index contributed by atoms with van der Waals surface area (Å²) in [5, 5.41) is 0. The predicted octanol–water partition coefficient (Wildman–Crippen LogP) is 1.73. The van der Waals surface area contributed by atoms with Crippen LogP contribution in [0.1, 0.15) is 41.9 Å². The van der Waals surface area contributed by atoms with Crippen LogP contribution in [0.3, 0.4) is 0 Å². The van der Waals surface area contributed by atoms with Gasteiger partial charge in [0.1, 0.15) is 5.69 Å². The summed E-state index contributed by atoms with van der Waals surface area (Å²) in [6.07, 6.45) is 0. The number of nitrogens with zero attached hydrogens (tertiary/aromatic N) is 1. The minimum absolute atomic E-state index is 0.124. The highest BCUT2D eigenvalue weighted by Gasteiger charge is 2.21. The van der Waals surface area contributed by atoms with E-state index in [4.69, 9.17) is 9.15 Å². The molecule has 0 bridgehead atoms. The number of rotatable bonds is 4. The highest BCUT2D eigenvalue weighted by molar-refractivity contribution is 5.87. The second-order valence-corrected chi connectivity index (χ2v) is 3.41. The summed E-state index contributed by atoms with van der Waals surface area (Å²) in [5.74, 6) is 0.242. The van der Waals surface area contributed by atoms with E-state index in [9.17, 15) is 4.79 Å². The molecule has 0 saturated heterocycles. The second-order valence-electron chi connectivity index (χ2n) is 3.41. The molecule has 0 aliphatic heterocycles. The molecule has 0 aliphatic carbocycles. The third kappa shape index (κ3) is 2.56. The highest BCUT2D eigenvalue weighted by atomic mass is 16.5. The van der Waals surface area contributed by atoms with Crippen LogP contribution < -0.4 is 0 Å². The average molecular weight is 213 g/mol. The van der Waals surface area contributed by atoms with E-state index in [1.54, 1.807) is 0 Å². The zero-order valence-electron chi connectivity index (χ0n) is 9.36. The van der Waals surface area contributed by atoms with Crippen molar-refractivity contribution in [2.75, 3.05) is 14.2 Å². The Kier molecular flexibility index (Phi) is 3.85. The lowest BCUT2D eigenvalue weighted by molar-refractivity contribution is 0.0556. The normalized spacial score (nSPS) is 10.7. The number of oxazole rings is 1. The summed E-state index contributed by atoms with van der Waals surface area (Å²) in [4.78, 5) is 15.5. The van der Waals surface area contributed by atoms with E-state index in [2.05, 4.69) is 9.72 Å². The van der Waals surface area contributed by atoms with Gasteiger partial charge in [0.05, 0.1) is 13.7 Å². The van der Waals surface area contributed by atoms with E-state index < -0.39 is 5.97 Å². The van der Waals surface area contributed by atoms with Crippen LogP contribution in [-0.2, 0) is 16.1 Å². The van der Waals surface area contributed by atoms with Gasteiger partial charge in [-0.25, -0.2) is 9.78 Å². The summed E-state index contributed by atoms with van der Waals surface area (Å²) in [5.41, 5.74) is 0.480. The van der Waals surface area contributed by atoms with Gasteiger partial charge in [-0.1, -0.05) is 13.8 Å². The van der Waals surface area contributed by atoms with Gasteiger partial charge in [-0.2, -0.15) is 0 Å². The molecule has 0 radical (unpaired) electrons. The van der Waals surface area contributed by atoms with Crippen molar-refractivity contribution >= 4 is 5.97 Å². The number of ether oxygens (including phenoxy) is 2. The molecular formula is C10H15NO4. The largest absolute Gasteiger partial charge is 0.463 e. The number of aromatic nitrogens is 1. The Bertz CT molecular complexity index is 343. The first-order chi connectivity index (χ1) is 7.10. The summed E-state index contributed by atoms with van der Waals surface area (Å²) >= 11 is 0. The van der Waals surface area contributed by atoms with Gasteiger partial charge >= 0.3 is 5.97 Å². The fraction of sp³-hybridized carbons (Fsp3) is 0.600. The van der Waals surface area contributed by atoms with Gasteiger partial charge in [-0.3, -0.25) is 0 Å². The van der Waals surface area contributed by atoms with E-state index in [0.717, 1.165) is 0 Å². The van der Waals surface area contributed by atoms with Crippen molar-refractivity contribution < 1.29 is 18.7 Å². The fourth-order valence-electron chi connectivity index (χ4n) is 1.10. The average Bonchev–Trinajstić information content (AvgIpc) is 2.61. The Labute approximate surface area is 88.4 Å². The number of carbonyl (C=O) groups excluding carboxylic acids is 1. The number of carbonyl (C=O) groups is 1. The lowest BCUT2D eigenvalue weighted by Crippen LogP contribution is -2.04. The Morgan fingerprint density at radius 3 is 2.60 bits per heavy atom. The van der Waals surface area contributed by atoms with E-state index >= 15 is 0 Å². The summed E-state index contributed by atoms with van der Waals surface area (Å²) < 4.78 is 14.8. The maximum Gasteiger partial charge on any atom is 0.376 e. The van der Waals surface area contributed by atoms with E-state index in [-0.39, 0.29) is 18.3 Å². The van der Waals surface area contributed by atoms with E-state index in [1.807, 2.05) is 13.8 Å². The molecule has 5 nitrogen and oxygen atoms in total. The lowest BCUT2D eigenvalue weighted by atomic mass is 10.2. The zero-order chi connectivity index (χ0) is 11.4.